The fourth-order valence-corrected chi connectivity index (χ4v) is 2.35. The van der Waals surface area contributed by atoms with Gasteiger partial charge in [0.25, 0.3) is 0 Å². The molecule has 3 amide bonds. The molecule has 1 aromatic carbocycles. The van der Waals surface area contributed by atoms with Crippen molar-refractivity contribution in [3.05, 3.63) is 48.4 Å². The molecule has 0 fully saturated rings. The highest BCUT2D eigenvalue weighted by atomic mass is 16.3. The molecule has 138 valence electrons. The van der Waals surface area contributed by atoms with E-state index in [1.807, 2.05) is 25.1 Å². The summed E-state index contributed by atoms with van der Waals surface area (Å²) in [4.78, 5) is 37.1. The third-order valence-electron chi connectivity index (χ3n) is 3.60. The average molecular weight is 358 g/mol. The van der Waals surface area contributed by atoms with Crippen molar-refractivity contribution in [2.24, 2.45) is 0 Å². The fraction of sp³-hybridized carbons (Fsp3) is 0.278. The van der Waals surface area contributed by atoms with Gasteiger partial charge in [-0.2, -0.15) is 0 Å². The van der Waals surface area contributed by atoms with Crippen molar-refractivity contribution in [1.82, 2.24) is 10.2 Å². The van der Waals surface area contributed by atoms with Crippen LogP contribution in [0.2, 0.25) is 0 Å². The maximum atomic E-state index is 12.1. The van der Waals surface area contributed by atoms with E-state index in [4.69, 9.17) is 4.42 Å². The molecule has 0 aliphatic heterocycles. The molecule has 2 rings (SSSR count). The maximum absolute atomic E-state index is 12.1. The van der Waals surface area contributed by atoms with Crippen molar-refractivity contribution in [1.29, 1.82) is 0 Å². The number of carbonyl (C=O) groups excluding carboxylic acids is 3. The van der Waals surface area contributed by atoms with Gasteiger partial charge in [0.05, 0.1) is 12.3 Å². The molecule has 0 aliphatic rings. The third-order valence-corrected chi connectivity index (χ3v) is 3.60. The first-order valence-electron chi connectivity index (χ1n) is 8.03. The van der Waals surface area contributed by atoms with E-state index in [0.717, 1.165) is 0 Å². The van der Waals surface area contributed by atoms with Crippen LogP contribution in [-0.2, 0) is 14.4 Å². The molecule has 1 atom stereocenters. The monoisotopic (exact) mass is 358 g/mol. The topological polar surface area (TPSA) is 104 Å². The Morgan fingerprint density at radius 1 is 1.04 bits per heavy atom. The molecule has 3 N–H and O–H groups in total. The van der Waals surface area contributed by atoms with Crippen LogP contribution in [0.3, 0.4) is 0 Å². The summed E-state index contributed by atoms with van der Waals surface area (Å²) in [7, 11) is 3.71. The van der Waals surface area contributed by atoms with Crippen LogP contribution >= 0.6 is 0 Å². The number of likely N-dealkylation sites (N-methyl/N-ethyl adjacent to an activating group) is 1. The highest BCUT2D eigenvalue weighted by Gasteiger charge is 2.20. The smallest absolute Gasteiger partial charge is 0.313 e. The number of hydrogen-bond donors (Lipinski definition) is 3. The summed E-state index contributed by atoms with van der Waals surface area (Å²) in [6.07, 6.45) is 1.56. The van der Waals surface area contributed by atoms with E-state index in [1.165, 1.54) is 6.92 Å². The molecule has 1 heterocycles. The summed E-state index contributed by atoms with van der Waals surface area (Å²) < 4.78 is 5.36. The number of carbonyl (C=O) groups is 3. The van der Waals surface area contributed by atoms with Crippen molar-refractivity contribution in [3.63, 3.8) is 0 Å². The molecule has 2 aromatic rings. The van der Waals surface area contributed by atoms with Crippen LogP contribution in [0, 0.1) is 0 Å². The van der Waals surface area contributed by atoms with Crippen LogP contribution in [0.25, 0.3) is 0 Å². The number of benzene rings is 1. The summed E-state index contributed by atoms with van der Waals surface area (Å²) in [5, 5.41) is 7.71. The Kier molecular flexibility index (Phi) is 6.51. The van der Waals surface area contributed by atoms with E-state index in [0.29, 0.717) is 17.1 Å². The van der Waals surface area contributed by atoms with Gasteiger partial charge >= 0.3 is 11.8 Å². The van der Waals surface area contributed by atoms with Crippen LogP contribution in [0.1, 0.15) is 18.7 Å². The standard InChI is InChI=1S/C18H22N4O4/c1-12(23)20-13-6-4-7-14(10-13)21-18(25)17(24)19-11-15(22(2)3)16-8-5-9-26-16/h4-10,15H,11H2,1-3H3,(H,19,24)(H,20,23)(H,21,25)/t15-/m0/s1. The molecule has 1 aromatic heterocycles. The molecule has 8 nitrogen and oxygen atoms in total. The Labute approximate surface area is 151 Å². The van der Waals surface area contributed by atoms with Crippen LogP contribution < -0.4 is 16.0 Å². The zero-order valence-corrected chi connectivity index (χ0v) is 14.9. The predicted molar refractivity (Wildman–Crippen MR) is 97.5 cm³/mol. The van der Waals surface area contributed by atoms with Gasteiger partial charge in [0, 0.05) is 24.8 Å². The molecule has 0 aliphatic carbocycles. The second-order valence-electron chi connectivity index (χ2n) is 5.92. The van der Waals surface area contributed by atoms with E-state index in [-0.39, 0.29) is 18.5 Å². The van der Waals surface area contributed by atoms with E-state index in [1.54, 1.807) is 36.6 Å². The van der Waals surface area contributed by atoms with Gasteiger partial charge in [-0.05, 0) is 44.4 Å². The number of anilines is 2. The van der Waals surface area contributed by atoms with Gasteiger partial charge < -0.3 is 20.4 Å². The zero-order chi connectivity index (χ0) is 19.1. The fourth-order valence-electron chi connectivity index (χ4n) is 2.35. The third kappa shape index (κ3) is 5.45. The van der Waals surface area contributed by atoms with Crippen molar-refractivity contribution in [2.45, 2.75) is 13.0 Å². The molecule has 26 heavy (non-hydrogen) atoms. The first-order valence-corrected chi connectivity index (χ1v) is 8.03. The Morgan fingerprint density at radius 2 is 1.73 bits per heavy atom. The zero-order valence-electron chi connectivity index (χ0n) is 14.9. The van der Waals surface area contributed by atoms with Gasteiger partial charge in [-0.15, -0.1) is 0 Å². The quantitative estimate of drug-likeness (QED) is 0.681. The Morgan fingerprint density at radius 3 is 2.31 bits per heavy atom. The number of amides is 3. The van der Waals surface area contributed by atoms with Crippen molar-refractivity contribution in [3.8, 4) is 0 Å². The lowest BCUT2D eigenvalue weighted by atomic mass is 10.2. The molecule has 0 saturated carbocycles. The van der Waals surface area contributed by atoms with Gasteiger partial charge in [0.15, 0.2) is 0 Å². The summed E-state index contributed by atoms with van der Waals surface area (Å²) in [5.74, 6) is -1.08. The molecular weight excluding hydrogens is 336 g/mol. The normalized spacial score (nSPS) is 11.7. The summed E-state index contributed by atoms with van der Waals surface area (Å²) in [6, 6.07) is 9.93. The summed E-state index contributed by atoms with van der Waals surface area (Å²) >= 11 is 0. The second-order valence-corrected chi connectivity index (χ2v) is 5.92. The van der Waals surface area contributed by atoms with E-state index < -0.39 is 11.8 Å². The molecule has 0 radical (unpaired) electrons. The predicted octanol–water partition coefficient (Wildman–Crippen LogP) is 1.60. The van der Waals surface area contributed by atoms with Gasteiger partial charge in [-0.3, -0.25) is 19.3 Å². The molecule has 0 unspecified atom stereocenters. The van der Waals surface area contributed by atoms with E-state index >= 15 is 0 Å². The highest BCUT2D eigenvalue weighted by Crippen LogP contribution is 2.18. The van der Waals surface area contributed by atoms with Crippen LogP contribution in [0.4, 0.5) is 11.4 Å². The lowest BCUT2D eigenvalue weighted by Gasteiger charge is -2.22. The number of nitrogens with zero attached hydrogens (tertiary/aromatic N) is 1. The number of hydrogen-bond acceptors (Lipinski definition) is 5. The van der Waals surface area contributed by atoms with Gasteiger partial charge in [0.2, 0.25) is 5.91 Å². The molecular formula is C18H22N4O4. The minimum absolute atomic E-state index is 0.190. The SMILES string of the molecule is CC(=O)Nc1cccc(NC(=O)C(=O)NC[C@@H](c2ccco2)N(C)C)c1. The lowest BCUT2D eigenvalue weighted by Crippen LogP contribution is -2.40. The average Bonchev–Trinajstić information content (AvgIpc) is 3.08. The Hall–Kier alpha value is -3.13. The van der Waals surface area contributed by atoms with Crippen molar-refractivity contribution in [2.75, 3.05) is 31.3 Å². The minimum atomic E-state index is -0.790. The van der Waals surface area contributed by atoms with E-state index in [9.17, 15) is 14.4 Å². The number of nitrogens with one attached hydrogen (secondary N) is 3. The summed E-state index contributed by atoms with van der Waals surface area (Å²) in [5.41, 5.74) is 0.938. The van der Waals surface area contributed by atoms with Crippen molar-refractivity contribution >= 4 is 29.1 Å². The van der Waals surface area contributed by atoms with Gasteiger partial charge in [-0.25, -0.2) is 0 Å². The number of furan rings is 1. The van der Waals surface area contributed by atoms with Crippen molar-refractivity contribution < 1.29 is 18.8 Å². The van der Waals surface area contributed by atoms with E-state index in [2.05, 4.69) is 16.0 Å². The largest absolute Gasteiger partial charge is 0.468 e. The van der Waals surface area contributed by atoms with Crippen LogP contribution in [0.15, 0.2) is 47.1 Å². The maximum Gasteiger partial charge on any atom is 0.313 e. The van der Waals surface area contributed by atoms with Crippen LogP contribution in [0.5, 0.6) is 0 Å². The lowest BCUT2D eigenvalue weighted by molar-refractivity contribution is -0.136. The minimum Gasteiger partial charge on any atom is -0.468 e. The Bertz CT molecular complexity index is 771. The Balaban J connectivity index is 1.93. The molecule has 0 bridgehead atoms. The van der Waals surface area contributed by atoms with Gasteiger partial charge in [0.1, 0.15) is 5.76 Å². The number of rotatable bonds is 6. The second kappa shape index (κ2) is 8.82. The first kappa shape index (κ1) is 19.2. The first-order chi connectivity index (χ1) is 12.4. The molecule has 8 heteroatoms. The summed E-state index contributed by atoms with van der Waals surface area (Å²) in [6.45, 7) is 1.61. The molecule has 0 spiro atoms. The van der Waals surface area contributed by atoms with Crippen LogP contribution in [-0.4, -0.2) is 43.3 Å². The van der Waals surface area contributed by atoms with Gasteiger partial charge in [-0.1, -0.05) is 6.07 Å². The molecule has 0 saturated heterocycles. The highest BCUT2D eigenvalue weighted by molar-refractivity contribution is 6.39.